The molecule has 0 saturated heterocycles. The third-order valence-corrected chi connectivity index (χ3v) is 2.53. The predicted octanol–water partition coefficient (Wildman–Crippen LogP) is 3.86. The van der Waals surface area contributed by atoms with Crippen LogP contribution in [0.5, 0.6) is 0 Å². The van der Waals surface area contributed by atoms with Gasteiger partial charge in [0, 0.05) is 12.0 Å². The van der Waals surface area contributed by atoms with E-state index in [1.165, 1.54) is 0 Å². The second kappa shape index (κ2) is 4.43. The molecule has 0 atom stereocenters. The van der Waals surface area contributed by atoms with Gasteiger partial charge in [-0.2, -0.15) is 0 Å². The number of benzene rings is 1. The van der Waals surface area contributed by atoms with Crippen LogP contribution < -0.4 is 0 Å². The van der Waals surface area contributed by atoms with Crippen molar-refractivity contribution in [3.8, 4) is 0 Å². The quantitative estimate of drug-likeness (QED) is 0.537. The summed E-state index contributed by atoms with van der Waals surface area (Å²) in [5.41, 5.74) is 1.75. The van der Waals surface area contributed by atoms with Gasteiger partial charge in [0.15, 0.2) is 5.78 Å². The van der Waals surface area contributed by atoms with Gasteiger partial charge in [0.1, 0.15) is 0 Å². The first kappa shape index (κ1) is 11.7. The maximum absolute atomic E-state index is 11.8. The number of hydrogen-bond donors (Lipinski definition) is 0. The van der Waals surface area contributed by atoms with E-state index in [1.807, 2.05) is 30.3 Å². The molecule has 1 aromatic rings. The highest BCUT2D eigenvalue weighted by atomic mass is 16.1. The molecule has 0 fully saturated rings. The van der Waals surface area contributed by atoms with Crippen LogP contribution in [0.15, 0.2) is 42.5 Å². The van der Waals surface area contributed by atoms with Crippen molar-refractivity contribution in [3.05, 3.63) is 48.0 Å². The van der Waals surface area contributed by atoms with Crippen molar-refractivity contribution < 1.29 is 4.79 Å². The third-order valence-electron chi connectivity index (χ3n) is 2.53. The number of hydrogen-bond acceptors (Lipinski definition) is 1. The lowest BCUT2D eigenvalue weighted by molar-refractivity contribution is 0.0987. The van der Waals surface area contributed by atoms with E-state index in [-0.39, 0.29) is 11.2 Å². The maximum atomic E-state index is 11.8. The van der Waals surface area contributed by atoms with Gasteiger partial charge >= 0.3 is 0 Å². The zero-order chi connectivity index (χ0) is 11.5. The number of allylic oxidation sites excluding steroid dienone is 1. The predicted molar refractivity (Wildman–Crippen MR) is 64.0 cm³/mol. The Morgan fingerprint density at radius 1 is 1.20 bits per heavy atom. The fourth-order valence-electron chi connectivity index (χ4n) is 1.19. The summed E-state index contributed by atoms with van der Waals surface area (Å²) < 4.78 is 0. The van der Waals surface area contributed by atoms with Crippen molar-refractivity contribution in [2.24, 2.45) is 5.41 Å². The molecule has 0 spiro atoms. The van der Waals surface area contributed by atoms with Crippen molar-refractivity contribution in [1.82, 2.24) is 0 Å². The highest BCUT2D eigenvalue weighted by Gasteiger charge is 2.18. The summed E-state index contributed by atoms with van der Waals surface area (Å²) in [4.78, 5) is 11.8. The summed E-state index contributed by atoms with van der Waals surface area (Å²) in [6.07, 6.45) is 0.438. The minimum Gasteiger partial charge on any atom is -0.294 e. The Bertz CT molecular complexity index is 355. The number of Topliss-reactive ketones (excluding diaryl/α,β-unsaturated/α-hetero) is 1. The first-order valence-electron chi connectivity index (χ1n) is 5.18. The topological polar surface area (TPSA) is 17.1 Å². The number of rotatable bonds is 3. The van der Waals surface area contributed by atoms with Crippen LogP contribution in [0, 0.1) is 5.41 Å². The van der Waals surface area contributed by atoms with E-state index in [2.05, 4.69) is 27.4 Å². The Morgan fingerprint density at radius 2 is 1.73 bits per heavy atom. The zero-order valence-corrected chi connectivity index (χ0v) is 9.71. The molecule has 0 unspecified atom stereocenters. The van der Waals surface area contributed by atoms with Crippen LogP contribution in [0.2, 0.25) is 0 Å². The fourth-order valence-corrected chi connectivity index (χ4v) is 1.19. The highest BCUT2D eigenvalue weighted by Crippen LogP contribution is 2.27. The summed E-state index contributed by atoms with van der Waals surface area (Å²) in [6, 6.07) is 9.37. The van der Waals surface area contributed by atoms with Crippen molar-refractivity contribution in [2.45, 2.75) is 27.2 Å². The van der Waals surface area contributed by atoms with Crippen molar-refractivity contribution in [3.63, 3.8) is 0 Å². The number of carbonyl (C=O) groups is 1. The van der Waals surface area contributed by atoms with Crippen molar-refractivity contribution >= 4 is 5.78 Å². The molecule has 0 aliphatic heterocycles. The molecule has 0 amide bonds. The molecule has 1 rings (SSSR count). The van der Waals surface area contributed by atoms with E-state index in [9.17, 15) is 4.79 Å². The second-order valence-corrected chi connectivity index (χ2v) is 4.82. The van der Waals surface area contributed by atoms with Gasteiger partial charge in [-0.05, 0) is 5.41 Å². The number of carbonyl (C=O) groups excluding carboxylic acids is 1. The molecule has 0 aromatic heterocycles. The minimum atomic E-state index is 0.00441. The molecular weight excluding hydrogens is 184 g/mol. The van der Waals surface area contributed by atoms with E-state index in [4.69, 9.17) is 0 Å². The first-order chi connectivity index (χ1) is 6.91. The van der Waals surface area contributed by atoms with Gasteiger partial charge in [0.2, 0.25) is 0 Å². The van der Waals surface area contributed by atoms with Gasteiger partial charge in [0.25, 0.3) is 0 Å². The molecule has 0 aliphatic rings. The van der Waals surface area contributed by atoms with E-state index in [1.54, 1.807) is 0 Å². The largest absolute Gasteiger partial charge is 0.294 e. The lowest BCUT2D eigenvalue weighted by atomic mass is 9.84. The molecule has 0 bridgehead atoms. The summed E-state index contributed by atoms with van der Waals surface area (Å²) in [5, 5.41) is 0. The second-order valence-electron chi connectivity index (χ2n) is 4.82. The normalized spacial score (nSPS) is 11.1. The zero-order valence-electron chi connectivity index (χ0n) is 9.71. The first-order valence-corrected chi connectivity index (χ1v) is 5.18. The Labute approximate surface area is 91.8 Å². The Balaban J connectivity index is 2.70. The van der Waals surface area contributed by atoms with Crippen LogP contribution in [0.1, 0.15) is 37.6 Å². The summed E-state index contributed by atoms with van der Waals surface area (Å²) in [6.45, 7) is 10.2. The molecule has 1 heteroatoms. The molecular formula is C14H18O. The molecule has 0 aliphatic carbocycles. The van der Waals surface area contributed by atoms with Gasteiger partial charge in [0.05, 0.1) is 0 Å². The van der Waals surface area contributed by atoms with Crippen molar-refractivity contribution in [1.29, 1.82) is 0 Å². The maximum Gasteiger partial charge on any atom is 0.166 e. The monoisotopic (exact) mass is 202 g/mol. The van der Waals surface area contributed by atoms with Crippen LogP contribution in [-0.2, 0) is 0 Å². The molecule has 80 valence electrons. The third kappa shape index (κ3) is 3.35. The Morgan fingerprint density at radius 3 is 2.20 bits per heavy atom. The summed E-state index contributed by atoms with van der Waals surface area (Å²) in [7, 11) is 0. The molecule has 0 N–H and O–H groups in total. The van der Waals surface area contributed by atoms with Crippen LogP contribution in [0.25, 0.3) is 0 Å². The smallest absolute Gasteiger partial charge is 0.166 e. The van der Waals surface area contributed by atoms with Crippen LogP contribution in [0.3, 0.4) is 0 Å². The lowest BCUT2D eigenvalue weighted by Crippen LogP contribution is -2.12. The average molecular weight is 202 g/mol. The SMILES string of the molecule is C=C(CC(=O)c1ccccc1)C(C)(C)C. The molecule has 1 aromatic carbocycles. The van der Waals surface area contributed by atoms with Gasteiger partial charge in [-0.1, -0.05) is 63.3 Å². The highest BCUT2D eigenvalue weighted by molar-refractivity contribution is 5.97. The molecule has 0 heterocycles. The standard InChI is InChI=1S/C14H18O/c1-11(14(2,3)4)10-13(15)12-8-6-5-7-9-12/h5-9H,1,10H2,2-4H3. The van der Waals surface area contributed by atoms with E-state index < -0.39 is 0 Å². The fraction of sp³-hybridized carbons (Fsp3) is 0.357. The summed E-state index contributed by atoms with van der Waals surface area (Å²) >= 11 is 0. The van der Waals surface area contributed by atoms with E-state index in [0.717, 1.165) is 11.1 Å². The lowest BCUT2D eigenvalue weighted by Gasteiger charge is -2.21. The van der Waals surface area contributed by atoms with Crippen LogP contribution >= 0.6 is 0 Å². The van der Waals surface area contributed by atoms with Gasteiger partial charge in [-0.3, -0.25) is 4.79 Å². The summed E-state index contributed by atoms with van der Waals surface area (Å²) in [5.74, 6) is 0.149. The molecule has 0 radical (unpaired) electrons. The van der Waals surface area contributed by atoms with Gasteiger partial charge in [-0.25, -0.2) is 0 Å². The van der Waals surface area contributed by atoms with E-state index in [0.29, 0.717) is 6.42 Å². The van der Waals surface area contributed by atoms with Crippen LogP contribution in [0.4, 0.5) is 0 Å². The Hall–Kier alpha value is -1.37. The van der Waals surface area contributed by atoms with Gasteiger partial charge < -0.3 is 0 Å². The van der Waals surface area contributed by atoms with E-state index >= 15 is 0 Å². The average Bonchev–Trinajstić information content (AvgIpc) is 2.17. The molecule has 0 saturated carbocycles. The molecule has 15 heavy (non-hydrogen) atoms. The van der Waals surface area contributed by atoms with Gasteiger partial charge in [-0.15, -0.1) is 0 Å². The van der Waals surface area contributed by atoms with Crippen LogP contribution in [-0.4, -0.2) is 5.78 Å². The number of ketones is 1. The Kier molecular flexibility index (Phi) is 3.46. The molecule has 1 nitrogen and oxygen atoms in total. The van der Waals surface area contributed by atoms with Crippen molar-refractivity contribution in [2.75, 3.05) is 0 Å². The minimum absolute atomic E-state index is 0.00441.